The van der Waals surface area contributed by atoms with Gasteiger partial charge >= 0.3 is 5.97 Å². The minimum Gasteiger partial charge on any atom is -0.467 e. The van der Waals surface area contributed by atoms with Crippen LogP contribution in [0.3, 0.4) is 0 Å². The van der Waals surface area contributed by atoms with Crippen LogP contribution in [-0.4, -0.2) is 53.0 Å². The molecule has 2 aromatic heterocycles. The highest BCUT2D eigenvalue weighted by Crippen LogP contribution is 2.33. The van der Waals surface area contributed by atoms with Crippen LogP contribution in [0.15, 0.2) is 64.3 Å². The molecule has 0 saturated carbocycles. The second kappa shape index (κ2) is 9.83. The predicted octanol–water partition coefficient (Wildman–Crippen LogP) is 3.39. The third-order valence-corrected chi connectivity index (χ3v) is 5.36. The Labute approximate surface area is 195 Å². The van der Waals surface area contributed by atoms with Crippen LogP contribution in [-0.2, 0) is 14.3 Å². The summed E-state index contributed by atoms with van der Waals surface area (Å²) in [6.45, 7) is 1.46. The van der Waals surface area contributed by atoms with Crippen molar-refractivity contribution in [2.75, 3.05) is 25.1 Å². The van der Waals surface area contributed by atoms with Crippen molar-refractivity contribution in [1.29, 1.82) is 0 Å². The lowest BCUT2D eigenvalue weighted by Crippen LogP contribution is -2.34. The number of benzene rings is 1. The predicted molar refractivity (Wildman–Crippen MR) is 122 cm³/mol. The SMILES string of the molecule is Cc1ccc(C2=NN(C(=O)COC(=O)CN(C)c3ccc(Cl)nn3)C(c3ccco3)C2)cc1. The molecule has 1 aliphatic heterocycles. The van der Waals surface area contributed by atoms with Gasteiger partial charge in [0.25, 0.3) is 5.91 Å². The minimum absolute atomic E-state index is 0.108. The molecule has 170 valence electrons. The van der Waals surface area contributed by atoms with Crippen LogP contribution in [0.1, 0.15) is 29.3 Å². The third-order valence-electron chi connectivity index (χ3n) is 5.15. The van der Waals surface area contributed by atoms with Crippen molar-refractivity contribution in [1.82, 2.24) is 15.2 Å². The first-order valence-corrected chi connectivity index (χ1v) is 10.6. The highest BCUT2D eigenvalue weighted by molar-refractivity contribution is 6.29. The summed E-state index contributed by atoms with van der Waals surface area (Å²) in [6.07, 6.45) is 2.05. The van der Waals surface area contributed by atoms with E-state index in [4.69, 9.17) is 20.8 Å². The molecule has 1 amide bonds. The van der Waals surface area contributed by atoms with Gasteiger partial charge in [0, 0.05) is 13.5 Å². The maximum atomic E-state index is 12.9. The number of anilines is 1. The third kappa shape index (κ3) is 5.38. The number of aromatic nitrogens is 2. The number of ether oxygens (including phenoxy) is 1. The number of hydrogen-bond acceptors (Lipinski definition) is 8. The molecule has 1 aliphatic rings. The van der Waals surface area contributed by atoms with Gasteiger partial charge in [0.15, 0.2) is 17.6 Å². The number of hydrazone groups is 1. The molecule has 0 N–H and O–H groups in total. The zero-order valence-electron chi connectivity index (χ0n) is 18.1. The van der Waals surface area contributed by atoms with Crippen molar-refractivity contribution in [2.45, 2.75) is 19.4 Å². The Kier molecular flexibility index (Phi) is 6.69. The molecular weight excluding hydrogens is 446 g/mol. The van der Waals surface area contributed by atoms with Gasteiger partial charge in [-0.2, -0.15) is 5.10 Å². The minimum atomic E-state index is -0.584. The molecule has 0 bridgehead atoms. The van der Waals surface area contributed by atoms with Crippen LogP contribution in [0.25, 0.3) is 0 Å². The summed E-state index contributed by atoms with van der Waals surface area (Å²) in [5.74, 6) is 0.0360. The van der Waals surface area contributed by atoms with E-state index in [1.807, 2.05) is 31.2 Å². The topological polar surface area (TPSA) is 101 Å². The summed E-state index contributed by atoms with van der Waals surface area (Å²) >= 11 is 5.73. The smallest absolute Gasteiger partial charge is 0.326 e. The van der Waals surface area contributed by atoms with Gasteiger partial charge in [-0.05, 0) is 36.8 Å². The van der Waals surface area contributed by atoms with Gasteiger partial charge in [-0.15, -0.1) is 10.2 Å². The van der Waals surface area contributed by atoms with Crippen molar-refractivity contribution in [3.8, 4) is 0 Å². The maximum absolute atomic E-state index is 12.9. The van der Waals surface area contributed by atoms with Gasteiger partial charge < -0.3 is 14.1 Å². The van der Waals surface area contributed by atoms with Crippen molar-refractivity contribution in [3.05, 3.63) is 76.8 Å². The molecule has 0 saturated heterocycles. The number of carbonyl (C=O) groups is 2. The normalized spacial score (nSPS) is 15.3. The molecular formula is C23H22ClN5O4. The average Bonchev–Trinajstić information content (AvgIpc) is 3.48. The zero-order valence-corrected chi connectivity index (χ0v) is 18.9. The maximum Gasteiger partial charge on any atom is 0.326 e. The summed E-state index contributed by atoms with van der Waals surface area (Å²) in [4.78, 5) is 26.8. The first-order valence-electron chi connectivity index (χ1n) is 10.3. The van der Waals surface area contributed by atoms with Gasteiger partial charge in [0.05, 0.1) is 12.0 Å². The Hall–Kier alpha value is -3.72. The fourth-order valence-electron chi connectivity index (χ4n) is 3.40. The number of aryl methyl sites for hydroxylation is 1. The van der Waals surface area contributed by atoms with E-state index in [0.29, 0.717) is 18.0 Å². The van der Waals surface area contributed by atoms with Crippen LogP contribution < -0.4 is 4.90 Å². The van der Waals surface area contributed by atoms with E-state index in [-0.39, 0.29) is 11.7 Å². The van der Waals surface area contributed by atoms with Crippen molar-refractivity contribution in [3.63, 3.8) is 0 Å². The van der Waals surface area contributed by atoms with Crippen molar-refractivity contribution < 1.29 is 18.7 Å². The van der Waals surface area contributed by atoms with Gasteiger partial charge in [-0.1, -0.05) is 41.4 Å². The number of furan rings is 1. The van der Waals surface area contributed by atoms with Gasteiger partial charge in [-0.3, -0.25) is 9.59 Å². The number of nitrogens with zero attached hydrogens (tertiary/aromatic N) is 5. The highest BCUT2D eigenvalue weighted by atomic mass is 35.5. The Morgan fingerprint density at radius 2 is 1.97 bits per heavy atom. The van der Waals surface area contributed by atoms with Crippen LogP contribution >= 0.6 is 11.6 Å². The Balaban J connectivity index is 1.41. The van der Waals surface area contributed by atoms with Gasteiger partial charge in [0.1, 0.15) is 18.3 Å². The Morgan fingerprint density at radius 3 is 2.64 bits per heavy atom. The van der Waals surface area contributed by atoms with E-state index < -0.39 is 24.5 Å². The summed E-state index contributed by atoms with van der Waals surface area (Å²) in [6, 6.07) is 14.3. The lowest BCUT2D eigenvalue weighted by Gasteiger charge is -2.20. The number of esters is 1. The van der Waals surface area contributed by atoms with Crippen molar-refractivity contribution in [2.24, 2.45) is 5.10 Å². The van der Waals surface area contributed by atoms with E-state index in [9.17, 15) is 9.59 Å². The quantitative estimate of drug-likeness (QED) is 0.491. The fraction of sp³-hybridized carbons (Fsp3) is 0.261. The standard InChI is InChI=1S/C23H22ClN5O4/c1-15-5-7-16(8-6-15)17-12-18(19-4-3-11-32-19)29(27-17)22(30)14-33-23(31)13-28(2)21-10-9-20(24)25-26-21/h3-11,18H,12-14H2,1-2H3. The monoisotopic (exact) mass is 467 g/mol. The molecule has 33 heavy (non-hydrogen) atoms. The van der Waals surface area contributed by atoms with E-state index >= 15 is 0 Å². The second-order valence-electron chi connectivity index (χ2n) is 7.62. The van der Waals surface area contributed by atoms with Crippen LogP contribution in [0.5, 0.6) is 0 Å². The van der Waals surface area contributed by atoms with Crippen molar-refractivity contribution >= 4 is 35.0 Å². The van der Waals surface area contributed by atoms with E-state index in [1.165, 1.54) is 5.01 Å². The second-order valence-corrected chi connectivity index (χ2v) is 8.00. The molecule has 4 rings (SSSR count). The number of rotatable bonds is 7. The molecule has 1 unspecified atom stereocenters. The zero-order chi connectivity index (χ0) is 23.4. The number of likely N-dealkylation sites (N-methyl/N-ethyl adjacent to an activating group) is 1. The first-order chi connectivity index (χ1) is 15.9. The molecule has 3 heterocycles. The lowest BCUT2D eigenvalue weighted by atomic mass is 10.0. The van der Waals surface area contributed by atoms with E-state index in [0.717, 1.165) is 16.8 Å². The molecule has 0 spiro atoms. The number of carbonyl (C=O) groups excluding carboxylic acids is 2. The molecule has 0 fully saturated rings. The summed E-state index contributed by atoms with van der Waals surface area (Å²) in [5.41, 5.74) is 2.82. The van der Waals surface area contributed by atoms with Gasteiger partial charge in [0.2, 0.25) is 0 Å². The Morgan fingerprint density at radius 1 is 1.18 bits per heavy atom. The Bertz CT molecular complexity index is 1150. The highest BCUT2D eigenvalue weighted by Gasteiger charge is 2.35. The summed E-state index contributed by atoms with van der Waals surface area (Å²) < 4.78 is 10.7. The van der Waals surface area contributed by atoms with Crippen LogP contribution in [0.4, 0.5) is 5.82 Å². The molecule has 3 aromatic rings. The average molecular weight is 468 g/mol. The molecule has 9 nitrogen and oxygen atoms in total. The number of amides is 1. The molecule has 0 radical (unpaired) electrons. The number of hydrogen-bond donors (Lipinski definition) is 0. The lowest BCUT2D eigenvalue weighted by molar-refractivity contribution is -0.151. The molecule has 1 aromatic carbocycles. The largest absolute Gasteiger partial charge is 0.467 e. The number of halogens is 1. The molecule has 0 aliphatic carbocycles. The summed E-state index contributed by atoms with van der Waals surface area (Å²) in [5, 5.41) is 13.8. The van der Waals surface area contributed by atoms with E-state index in [1.54, 1.807) is 42.5 Å². The van der Waals surface area contributed by atoms with Gasteiger partial charge in [-0.25, -0.2) is 5.01 Å². The summed E-state index contributed by atoms with van der Waals surface area (Å²) in [7, 11) is 1.66. The van der Waals surface area contributed by atoms with E-state index in [2.05, 4.69) is 15.3 Å². The van der Waals surface area contributed by atoms with Crippen LogP contribution in [0, 0.1) is 6.92 Å². The fourth-order valence-corrected chi connectivity index (χ4v) is 3.51. The van der Waals surface area contributed by atoms with Crippen LogP contribution in [0.2, 0.25) is 5.15 Å². The molecule has 1 atom stereocenters. The molecule has 10 heteroatoms. The first kappa shape index (κ1) is 22.5.